The first-order valence-electron chi connectivity index (χ1n) is 8.08. The van der Waals surface area contributed by atoms with Gasteiger partial charge in [0.25, 0.3) is 0 Å². The van der Waals surface area contributed by atoms with Crippen LogP contribution in [0.2, 0.25) is 0 Å². The Kier molecular flexibility index (Phi) is 8.15. The number of carbonyl (C=O) groups is 2. The van der Waals surface area contributed by atoms with E-state index in [0.29, 0.717) is 18.7 Å². The van der Waals surface area contributed by atoms with E-state index in [1.54, 1.807) is 19.9 Å². The summed E-state index contributed by atoms with van der Waals surface area (Å²) in [5, 5.41) is 3.06. The molecule has 0 aromatic carbocycles. The zero-order valence-corrected chi connectivity index (χ0v) is 15.6. The van der Waals surface area contributed by atoms with Crippen molar-refractivity contribution < 1.29 is 9.59 Å². The van der Waals surface area contributed by atoms with Crippen molar-refractivity contribution in [3.8, 4) is 0 Å². The molecule has 1 aliphatic rings. The lowest BCUT2D eigenvalue weighted by Crippen LogP contribution is -2.58. The minimum atomic E-state index is -0.0684. The van der Waals surface area contributed by atoms with Gasteiger partial charge in [-0.15, -0.1) is 0 Å². The molecule has 6 nitrogen and oxygen atoms in total. The summed E-state index contributed by atoms with van der Waals surface area (Å²) in [5.41, 5.74) is 0.638. The highest BCUT2D eigenvalue weighted by molar-refractivity contribution is 6.68. The van der Waals surface area contributed by atoms with Gasteiger partial charge in [0.1, 0.15) is 5.17 Å². The van der Waals surface area contributed by atoms with Gasteiger partial charge in [-0.3, -0.25) is 14.5 Å². The van der Waals surface area contributed by atoms with Crippen LogP contribution < -0.4 is 5.32 Å². The second-order valence-electron chi connectivity index (χ2n) is 6.14. The van der Waals surface area contributed by atoms with Gasteiger partial charge in [-0.2, -0.15) is 0 Å². The van der Waals surface area contributed by atoms with E-state index in [9.17, 15) is 9.59 Å². The zero-order valence-electron chi connectivity index (χ0n) is 14.9. The van der Waals surface area contributed by atoms with Crippen LogP contribution in [0.5, 0.6) is 0 Å². The summed E-state index contributed by atoms with van der Waals surface area (Å²) < 4.78 is 0. The lowest BCUT2D eigenvalue weighted by Gasteiger charge is -2.44. The van der Waals surface area contributed by atoms with E-state index in [1.807, 2.05) is 18.7 Å². The highest BCUT2D eigenvalue weighted by Gasteiger charge is 2.30. The summed E-state index contributed by atoms with van der Waals surface area (Å²) in [4.78, 5) is 31.6. The molecule has 1 rings (SSSR count). The zero-order chi connectivity index (χ0) is 18.3. The molecule has 0 spiro atoms. The molecule has 1 heterocycles. The average molecular weight is 355 g/mol. The van der Waals surface area contributed by atoms with Gasteiger partial charge in [0, 0.05) is 57.0 Å². The highest BCUT2D eigenvalue weighted by Crippen LogP contribution is 2.16. The molecule has 1 aliphatic heterocycles. The third-order valence-corrected chi connectivity index (χ3v) is 4.11. The number of carbonyl (C=O) groups excluding carboxylic acids is 2. The Morgan fingerprint density at radius 2 is 1.88 bits per heavy atom. The molecule has 134 valence electrons. The van der Waals surface area contributed by atoms with Gasteiger partial charge >= 0.3 is 0 Å². The van der Waals surface area contributed by atoms with Crippen LogP contribution >= 0.6 is 11.6 Å². The largest absolute Gasteiger partial charge is 0.335 e. The monoisotopic (exact) mass is 354 g/mol. The first-order chi connectivity index (χ1) is 11.2. The summed E-state index contributed by atoms with van der Waals surface area (Å²) in [6, 6.07) is 0.315. The molecule has 0 bridgehead atoms. The van der Waals surface area contributed by atoms with Crippen LogP contribution in [-0.4, -0.2) is 58.5 Å². The Balaban J connectivity index is 2.47. The third-order valence-electron chi connectivity index (χ3n) is 3.90. The molecule has 2 unspecified atom stereocenters. The second-order valence-corrected chi connectivity index (χ2v) is 6.53. The molecule has 0 aromatic rings. The number of rotatable bonds is 6. The fourth-order valence-electron chi connectivity index (χ4n) is 3.12. The molecule has 0 aliphatic carbocycles. The van der Waals surface area contributed by atoms with Gasteiger partial charge in [0.05, 0.1) is 0 Å². The predicted molar refractivity (Wildman–Crippen MR) is 97.9 cm³/mol. The maximum atomic E-state index is 12.0. The van der Waals surface area contributed by atoms with E-state index in [4.69, 9.17) is 11.6 Å². The number of nitrogens with one attached hydrogen (secondary N) is 1. The number of piperazine rings is 1. The highest BCUT2D eigenvalue weighted by atomic mass is 35.5. The smallest absolute Gasteiger partial charge is 0.225 e. The van der Waals surface area contributed by atoms with E-state index < -0.39 is 0 Å². The molecule has 0 saturated carbocycles. The number of hydrogen-bond donors (Lipinski definition) is 1. The van der Waals surface area contributed by atoms with Crippen molar-refractivity contribution in [3.63, 3.8) is 0 Å². The minimum Gasteiger partial charge on any atom is -0.335 e. The Bertz CT molecular complexity index is 533. The molecule has 2 atom stereocenters. The first-order valence-corrected chi connectivity index (χ1v) is 8.46. The van der Waals surface area contributed by atoms with Crippen LogP contribution in [0.15, 0.2) is 29.5 Å². The SMILES string of the molecule is C=CN=C(Cl)/C=C(\C)NC(=O)CCN1CC(C)N(C(C)=O)C(C)C1. The van der Waals surface area contributed by atoms with Crippen LogP contribution in [0.25, 0.3) is 0 Å². The molecule has 1 saturated heterocycles. The van der Waals surface area contributed by atoms with Crippen molar-refractivity contribution in [2.24, 2.45) is 4.99 Å². The first kappa shape index (κ1) is 20.4. The summed E-state index contributed by atoms with van der Waals surface area (Å²) in [7, 11) is 0. The molecule has 2 amide bonds. The van der Waals surface area contributed by atoms with Crippen LogP contribution in [0.3, 0.4) is 0 Å². The molecule has 7 heteroatoms. The fourth-order valence-corrected chi connectivity index (χ4v) is 3.35. The predicted octanol–water partition coefficient (Wildman–Crippen LogP) is 2.12. The summed E-state index contributed by atoms with van der Waals surface area (Å²) >= 11 is 5.84. The summed E-state index contributed by atoms with van der Waals surface area (Å²) in [6.45, 7) is 13.1. The molecule has 1 fully saturated rings. The maximum absolute atomic E-state index is 12.0. The Hall–Kier alpha value is -1.66. The van der Waals surface area contributed by atoms with Crippen molar-refractivity contribution in [2.45, 2.75) is 46.2 Å². The summed E-state index contributed by atoms with van der Waals surface area (Å²) in [5.74, 6) is 0.0346. The summed E-state index contributed by atoms with van der Waals surface area (Å²) in [6.07, 6.45) is 3.31. The van der Waals surface area contributed by atoms with Crippen molar-refractivity contribution in [3.05, 3.63) is 24.6 Å². The Labute approximate surface area is 149 Å². The number of hydrogen-bond acceptors (Lipinski definition) is 4. The van der Waals surface area contributed by atoms with E-state index in [-0.39, 0.29) is 29.1 Å². The van der Waals surface area contributed by atoms with Crippen LogP contribution in [-0.2, 0) is 9.59 Å². The average Bonchev–Trinajstić information content (AvgIpc) is 2.43. The lowest BCUT2D eigenvalue weighted by molar-refractivity contribution is -0.137. The van der Waals surface area contributed by atoms with Crippen molar-refractivity contribution in [2.75, 3.05) is 19.6 Å². The number of nitrogens with zero attached hydrogens (tertiary/aromatic N) is 3. The van der Waals surface area contributed by atoms with E-state index in [2.05, 4.69) is 21.8 Å². The molecular formula is C17H27ClN4O2. The van der Waals surface area contributed by atoms with Crippen LogP contribution in [0.1, 0.15) is 34.1 Å². The van der Waals surface area contributed by atoms with Gasteiger partial charge in [-0.1, -0.05) is 18.2 Å². The second kappa shape index (κ2) is 9.59. The Morgan fingerprint density at radius 3 is 2.38 bits per heavy atom. The fraction of sp³-hybridized carbons (Fsp3) is 0.588. The standard InChI is InChI=1S/C17H27ClN4O2/c1-6-19-16(18)9-12(2)20-17(24)7-8-21-10-13(3)22(15(5)23)14(4)11-21/h6,9,13-14H,1,7-8,10-11H2,2-5H3,(H,20,24)/b12-9+,19-16?. The number of amides is 2. The van der Waals surface area contributed by atoms with Gasteiger partial charge in [-0.25, -0.2) is 4.99 Å². The molecular weight excluding hydrogens is 328 g/mol. The normalized spacial score (nSPS) is 23.1. The minimum absolute atomic E-state index is 0.0684. The topological polar surface area (TPSA) is 65.0 Å². The molecule has 24 heavy (non-hydrogen) atoms. The van der Waals surface area contributed by atoms with E-state index in [1.165, 1.54) is 6.20 Å². The molecule has 1 N–H and O–H groups in total. The molecule has 0 radical (unpaired) electrons. The third kappa shape index (κ3) is 6.45. The van der Waals surface area contributed by atoms with E-state index in [0.717, 1.165) is 13.1 Å². The lowest BCUT2D eigenvalue weighted by atomic mass is 10.1. The van der Waals surface area contributed by atoms with Crippen LogP contribution in [0, 0.1) is 0 Å². The number of aliphatic imine (C=N–C) groups is 1. The number of halogens is 1. The van der Waals surface area contributed by atoms with Gasteiger partial charge in [0.2, 0.25) is 11.8 Å². The van der Waals surface area contributed by atoms with Crippen molar-refractivity contribution in [1.29, 1.82) is 0 Å². The van der Waals surface area contributed by atoms with Crippen LogP contribution in [0.4, 0.5) is 0 Å². The van der Waals surface area contributed by atoms with Crippen molar-refractivity contribution >= 4 is 28.6 Å². The quantitative estimate of drug-likeness (QED) is 0.743. The van der Waals surface area contributed by atoms with Gasteiger partial charge in [0.15, 0.2) is 0 Å². The van der Waals surface area contributed by atoms with E-state index >= 15 is 0 Å². The number of allylic oxidation sites excluding steroid dienone is 2. The van der Waals surface area contributed by atoms with Gasteiger partial charge < -0.3 is 10.2 Å². The van der Waals surface area contributed by atoms with Crippen molar-refractivity contribution in [1.82, 2.24) is 15.1 Å². The molecule has 0 aromatic heterocycles. The Morgan fingerprint density at radius 1 is 1.29 bits per heavy atom. The maximum Gasteiger partial charge on any atom is 0.225 e. The van der Waals surface area contributed by atoms with Gasteiger partial charge in [-0.05, 0) is 26.8 Å².